The molecule has 1 saturated carbocycles. The molecule has 5 nitrogen and oxygen atoms in total. The summed E-state index contributed by atoms with van der Waals surface area (Å²) in [7, 11) is 0. The molecule has 2 fully saturated rings. The van der Waals surface area contributed by atoms with Gasteiger partial charge < -0.3 is 4.90 Å². The Hall–Kier alpha value is -3.16. The lowest BCUT2D eigenvalue weighted by Gasteiger charge is -2.37. The van der Waals surface area contributed by atoms with Crippen molar-refractivity contribution >= 4 is 5.91 Å². The van der Waals surface area contributed by atoms with Crippen LogP contribution in [0, 0.1) is 5.41 Å². The maximum Gasteiger partial charge on any atom is 0.416 e. The number of rotatable bonds is 3. The van der Waals surface area contributed by atoms with E-state index in [1.807, 2.05) is 18.2 Å². The van der Waals surface area contributed by atoms with E-state index in [0.717, 1.165) is 31.4 Å². The quantitative estimate of drug-likeness (QED) is 0.594. The van der Waals surface area contributed by atoms with Crippen LogP contribution in [0.5, 0.6) is 0 Å². The van der Waals surface area contributed by atoms with Crippen molar-refractivity contribution in [2.75, 3.05) is 13.1 Å². The molecule has 31 heavy (non-hydrogen) atoms. The Morgan fingerprint density at radius 3 is 2.42 bits per heavy atom. The van der Waals surface area contributed by atoms with Crippen LogP contribution in [-0.4, -0.2) is 38.7 Å². The minimum absolute atomic E-state index is 0.00707. The molecule has 1 saturated heterocycles. The molecule has 1 aliphatic carbocycles. The smallest absolute Gasteiger partial charge is 0.335 e. The van der Waals surface area contributed by atoms with E-state index in [0.29, 0.717) is 24.5 Å². The normalized spacial score (nSPS) is 17.7. The number of carbonyl (C=O) groups excluding carboxylic acids is 1. The largest absolute Gasteiger partial charge is 0.416 e. The van der Waals surface area contributed by atoms with Crippen LogP contribution in [0.25, 0.3) is 17.1 Å². The molecule has 3 aromatic rings. The van der Waals surface area contributed by atoms with Crippen LogP contribution in [0.15, 0.2) is 54.6 Å². The third-order valence-electron chi connectivity index (χ3n) is 6.39. The molecule has 1 aliphatic heterocycles. The molecule has 0 radical (unpaired) electrons. The van der Waals surface area contributed by atoms with Crippen molar-refractivity contribution in [3.8, 4) is 17.1 Å². The fraction of sp³-hybridized carbons (Fsp3) is 0.348. The average Bonchev–Trinajstić information content (AvgIpc) is 3.39. The Morgan fingerprint density at radius 2 is 1.77 bits per heavy atom. The summed E-state index contributed by atoms with van der Waals surface area (Å²) in [6, 6.07) is 13.9. The van der Waals surface area contributed by atoms with Gasteiger partial charge in [-0.3, -0.25) is 4.79 Å². The van der Waals surface area contributed by atoms with Crippen molar-refractivity contribution in [3.05, 3.63) is 66.0 Å². The van der Waals surface area contributed by atoms with Gasteiger partial charge in [0.25, 0.3) is 5.91 Å². The van der Waals surface area contributed by atoms with Crippen LogP contribution in [0.4, 0.5) is 13.2 Å². The van der Waals surface area contributed by atoms with Gasteiger partial charge in [-0.15, -0.1) is 5.10 Å². The molecule has 5 rings (SSSR count). The van der Waals surface area contributed by atoms with E-state index in [4.69, 9.17) is 0 Å². The maximum absolute atomic E-state index is 13.3. The number of alkyl halides is 3. The van der Waals surface area contributed by atoms with Gasteiger partial charge in [-0.2, -0.15) is 13.2 Å². The first-order chi connectivity index (χ1) is 14.8. The van der Waals surface area contributed by atoms with Crippen molar-refractivity contribution in [1.82, 2.24) is 19.7 Å². The molecule has 1 amide bonds. The summed E-state index contributed by atoms with van der Waals surface area (Å²) in [6.45, 7) is 1.36. The third-order valence-corrected chi connectivity index (χ3v) is 6.39. The number of hydrogen-bond donors (Lipinski definition) is 0. The van der Waals surface area contributed by atoms with E-state index in [-0.39, 0.29) is 22.8 Å². The second-order valence-electron chi connectivity index (χ2n) is 8.42. The molecular formula is C23H21F3N4O. The number of carbonyl (C=O) groups is 1. The van der Waals surface area contributed by atoms with E-state index in [9.17, 15) is 18.0 Å². The number of halogens is 3. The maximum atomic E-state index is 13.3. The molecule has 160 valence electrons. The third kappa shape index (κ3) is 3.60. The van der Waals surface area contributed by atoms with Crippen LogP contribution in [-0.2, 0) is 6.18 Å². The Balaban J connectivity index is 1.55. The molecule has 0 unspecified atom stereocenters. The van der Waals surface area contributed by atoms with Gasteiger partial charge in [0.05, 0.1) is 11.3 Å². The molecule has 0 bridgehead atoms. The minimum Gasteiger partial charge on any atom is -0.335 e. The second kappa shape index (κ2) is 7.21. The van der Waals surface area contributed by atoms with Crippen LogP contribution in [0.3, 0.4) is 0 Å². The summed E-state index contributed by atoms with van der Waals surface area (Å²) in [4.78, 5) is 19.4. The van der Waals surface area contributed by atoms with Crippen molar-refractivity contribution in [1.29, 1.82) is 0 Å². The summed E-state index contributed by atoms with van der Waals surface area (Å²) < 4.78 is 41.1. The van der Waals surface area contributed by atoms with E-state index >= 15 is 0 Å². The Labute approximate surface area is 177 Å². The molecule has 8 heteroatoms. The van der Waals surface area contributed by atoms with Gasteiger partial charge >= 0.3 is 6.18 Å². The first kappa shape index (κ1) is 19.8. The highest BCUT2D eigenvalue weighted by Gasteiger charge is 2.44. The highest BCUT2D eigenvalue weighted by Crippen LogP contribution is 2.48. The number of aromatic nitrogens is 3. The minimum atomic E-state index is -4.48. The van der Waals surface area contributed by atoms with E-state index in [1.54, 1.807) is 17.0 Å². The first-order valence-corrected chi connectivity index (χ1v) is 10.3. The molecule has 2 heterocycles. The number of benzene rings is 2. The van der Waals surface area contributed by atoms with Crippen LogP contribution < -0.4 is 0 Å². The monoisotopic (exact) mass is 426 g/mol. The Bertz CT molecular complexity index is 1120. The fourth-order valence-corrected chi connectivity index (χ4v) is 4.51. The zero-order valence-corrected chi connectivity index (χ0v) is 16.8. The molecule has 2 aromatic carbocycles. The number of nitrogens with zero attached hydrogens (tertiary/aromatic N) is 4. The van der Waals surface area contributed by atoms with Gasteiger partial charge in [-0.25, -0.2) is 9.67 Å². The summed E-state index contributed by atoms with van der Waals surface area (Å²) in [6.07, 6.45) is -0.0215. The van der Waals surface area contributed by atoms with Gasteiger partial charge in [0.15, 0.2) is 5.82 Å². The predicted molar refractivity (Wildman–Crippen MR) is 109 cm³/mol. The van der Waals surface area contributed by atoms with E-state index in [1.165, 1.54) is 23.2 Å². The Kier molecular flexibility index (Phi) is 4.60. The highest BCUT2D eigenvalue weighted by molar-refractivity contribution is 5.91. The summed E-state index contributed by atoms with van der Waals surface area (Å²) in [5.41, 5.74) is 0.334. The van der Waals surface area contributed by atoms with E-state index in [2.05, 4.69) is 10.1 Å². The number of likely N-dealkylation sites (tertiary alicyclic amines) is 1. The molecular weight excluding hydrogens is 405 g/mol. The van der Waals surface area contributed by atoms with Gasteiger partial charge in [-0.05, 0) is 42.9 Å². The van der Waals surface area contributed by atoms with Crippen LogP contribution >= 0.6 is 0 Å². The van der Waals surface area contributed by atoms with Gasteiger partial charge in [0, 0.05) is 18.7 Å². The van der Waals surface area contributed by atoms with Crippen LogP contribution in [0.2, 0.25) is 0 Å². The van der Waals surface area contributed by atoms with Gasteiger partial charge in [0.2, 0.25) is 5.82 Å². The fourth-order valence-electron chi connectivity index (χ4n) is 4.51. The van der Waals surface area contributed by atoms with Crippen LogP contribution in [0.1, 0.15) is 41.9 Å². The summed E-state index contributed by atoms with van der Waals surface area (Å²) in [5, 5.41) is 4.36. The first-order valence-electron chi connectivity index (χ1n) is 10.3. The Morgan fingerprint density at radius 1 is 1.00 bits per heavy atom. The molecule has 1 aromatic heterocycles. The average molecular weight is 426 g/mol. The zero-order valence-electron chi connectivity index (χ0n) is 16.8. The standard InChI is InChI=1S/C23H21F3N4O/c24-23(25,26)17-8-4-9-18(14-17)30-20(16-6-2-1-3-7-16)27-19(28-30)21(31)29-13-12-22(15-29)10-5-11-22/h1-4,6-9,14H,5,10-13,15H2. The van der Waals surface area contributed by atoms with Crippen molar-refractivity contribution in [2.45, 2.75) is 31.9 Å². The number of hydrogen-bond acceptors (Lipinski definition) is 3. The molecule has 0 atom stereocenters. The lowest BCUT2D eigenvalue weighted by molar-refractivity contribution is -0.137. The predicted octanol–water partition coefficient (Wildman–Crippen LogP) is 4.97. The number of amides is 1. The van der Waals surface area contributed by atoms with Gasteiger partial charge in [-0.1, -0.05) is 42.8 Å². The van der Waals surface area contributed by atoms with Crippen molar-refractivity contribution in [2.24, 2.45) is 5.41 Å². The van der Waals surface area contributed by atoms with Gasteiger partial charge in [0.1, 0.15) is 0 Å². The molecule has 2 aliphatic rings. The van der Waals surface area contributed by atoms with E-state index < -0.39 is 11.7 Å². The summed E-state index contributed by atoms with van der Waals surface area (Å²) in [5.74, 6) is 0.0696. The summed E-state index contributed by atoms with van der Waals surface area (Å²) >= 11 is 0. The zero-order chi connectivity index (χ0) is 21.6. The SMILES string of the molecule is O=C(c1nc(-c2ccccc2)n(-c2cccc(C(F)(F)F)c2)n1)N1CCC2(CCC2)C1. The topological polar surface area (TPSA) is 51.0 Å². The lowest BCUT2D eigenvalue weighted by atomic mass is 9.68. The molecule has 1 spiro atoms. The highest BCUT2D eigenvalue weighted by atomic mass is 19.4. The van der Waals surface area contributed by atoms with Crippen molar-refractivity contribution < 1.29 is 18.0 Å². The molecule has 0 N–H and O–H groups in total. The second-order valence-corrected chi connectivity index (χ2v) is 8.42. The van der Waals surface area contributed by atoms with Crippen molar-refractivity contribution in [3.63, 3.8) is 0 Å². The lowest BCUT2D eigenvalue weighted by Crippen LogP contribution is -2.36.